The molecule has 0 radical (unpaired) electrons. The van der Waals surface area contributed by atoms with Gasteiger partial charge in [-0.3, -0.25) is 4.98 Å². The zero-order valence-corrected chi connectivity index (χ0v) is 10.5. The van der Waals surface area contributed by atoms with E-state index in [0.717, 1.165) is 11.3 Å². The molecule has 0 amide bonds. The second-order valence-corrected chi connectivity index (χ2v) is 4.25. The molecule has 2 rings (SSSR count). The van der Waals surface area contributed by atoms with Crippen molar-refractivity contribution in [2.24, 2.45) is 0 Å². The van der Waals surface area contributed by atoms with Crippen LogP contribution in [0.2, 0.25) is 0 Å². The molecule has 0 saturated carbocycles. The van der Waals surface area contributed by atoms with Crippen molar-refractivity contribution in [1.82, 2.24) is 4.98 Å². The van der Waals surface area contributed by atoms with Crippen molar-refractivity contribution >= 4 is 0 Å². The van der Waals surface area contributed by atoms with E-state index >= 15 is 0 Å². The Labute approximate surface area is 108 Å². The van der Waals surface area contributed by atoms with Gasteiger partial charge in [0.25, 0.3) is 0 Å². The Kier molecular flexibility index (Phi) is 3.46. The van der Waals surface area contributed by atoms with Crippen LogP contribution in [0.4, 0.5) is 13.2 Å². The highest BCUT2D eigenvalue weighted by Gasteiger charge is 2.31. The third-order valence-corrected chi connectivity index (χ3v) is 2.46. The molecule has 0 atom stereocenters. The maximum absolute atomic E-state index is 12.2. The lowest BCUT2D eigenvalue weighted by molar-refractivity contribution is -0.274. The molecule has 0 N–H and O–H groups in total. The molecule has 1 heterocycles. The molecule has 0 aliphatic rings. The zero-order chi connectivity index (χ0) is 14.0. The van der Waals surface area contributed by atoms with E-state index in [-0.39, 0.29) is 5.75 Å². The quantitative estimate of drug-likeness (QED) is 0.810. The molecular formula is C14H12F3NO. The molecule has 5 heteroatoms. The Morgan fingerprint density at radius 2 is 1.79 bits per heavy atom. The highest BCUT2D eigenvalue weighted by atomic mass is 19.4. The van der Waals surface area contributed by atoms with Crippen molar-refractivity contribution < 1.29 is 17.9 Å². The van der Waals surface area contributed by atoms with E-state index in [4.69, 9.17) is 0 Å². The normalized spacial score (nSPS) is 11.4. The minimum atomic E-state index is -4.69. The second-order valence-electron chi connectivity index (χ2n) is 4.25. The number of hydrogen-bond donors (Lipinski definition) is 0. The van der Waals surface area contributed by atoms with Crippen LogP contribution in [0.5, 0.6) is 5.75 Å². The van der Waals surface area contributed by atoms with Crippen LogP contribution in [0.25, 0.3) is 11.3 Å². The summed E-state index contributed by atoms with van der Waals surface area (Å²) in [5.41, 5.74) is 3.04. The van der Waals surface area contributed by atoms with Crippen molar-refractivity contribution in [2.45, 2.75) is 20.2 Å². The monoisotopic (exact) mass is 267 g/mol. The fraction of sp³-hybridized carbons (Fsp3) is 0.214. The predicted molar refractivity (Wildman–Crippen MR) is 65.8 cm³/mol. The van der Waals surface area contributed by atoms with Crippen LogP contribution in [-0.4, -0.2) is 11.3 Å². The molecule has 0 spiro atoms. The largest absolute Gasteiger partial charge is 0.573 e. The number of benzene rings is 1. The summed E-state index contributed by atoms with van der Waals surface area (Å²) in [6.45, 7) is 3.75. The van der Waals surface area contributed by atoms with Crippen LogP contribution in [-0.2, 0) is 0 Å². The SMILES string of the molecule is Cc1cc(C)nc(-c2cccc(OC(F)(F)F)c2)c1. The topological polar surface area (TPSA) is 22.1 Å². The number of aryl methyl sites for hydroxylation is 2. The van der Waals surface area contributed by atoms with E-state index in [1.54, 1.807) is 6.07 Å². The Morgan fingerprint density at radius 1 is 1.05 bits per heavy atom. The fourth-order valence-electron chi connectivity index (χ4n) is 1.84. The average Bonchev–Trinajstić information content (AvgIpc) is 2.25. The van der Waals surface area contributed by atoms with Crippen LogP contribution in [0.15, 0.2) is 36.4 Å². The summed E-state index contributed by atoms with van der Waals surface area (Å²) in [7, 11) is 0. The number of hydrogen-bond acceptors (Lipinski definition) is 2. The second kappa shape index (κ2) is 4.91. The van der Waals surface area contributed by atoms with Gasteiger partial charge in [-0.25, -0.2) is 0 Å². The Bertz CT molecular complexity index is 573. The van der Waals surface area contributed by atoms with Crippen molar-refractivity contribution in [2.75, 3.05) is 0 Å². The first-order valence-corrected chi connectivity index (χ1v) is 5.65. The minimum Gasteiger partial charge on any atom is -0.406 e. The van der Waals surface area contributed by atoms with Gasteiger partial charge in [0.15, 0.2) is 0 Å². The number of pyridine rings is 1. The summed E-state index contributed by atoms with van der Waals surface area (Å²) in [5.74, 6) is -0.244. The number of alkyl halides is 3. The van der Waals surface area contributed by atoms with Gasteiger partial charge in [0.05, 0.1) is 5.69 Å². The Hall–Kier alpha value is -2.04. The summed E-state index contributed by atoms with van der Waals surface area (Å²) >= 11 is 0. The van der Waals surface area contributed by atoms with Crippen LogP contribution in [0.1, 0.15) is 11.3 Å². The third-order valence-electron chi connectivity index (χ3n) is 2.46. The van der Waals surface area contributed by atoms with Crippen LogP contribution < -0.4 is 4.74 Å². The number of halogens is 3. The van der Waals surface area contributed by atoms with Gasteiger partial charge in [-0.15, -0.1) is 13.2 Å². The average molecular weight is 267 g/mol. The summed E-state index contributed by atoms with van der Waals surface area (Å²) < 4.78 is 40.4. The van der Waals surface area contributed by atoms with E-state index in [0.29, 0.717) is 11.3 Å². The maximum Gasteiger partial charge on any atom is 0.573 e. The molecule has 100 valence electrons. The number of rotatable bonds is 2. The first-order chi connectivity index (χ1) is 8.83. The lowest BCUT2D eigenvalue weighted by atomic mass is 10.1. The fourth-order valence-corrected chi connectivity index (χ4v) is 1.84. The van der Waals surface area contributed by atoms with Crippen molar-refractivity contribution in [3.8, 4) is 17.0 Å². The van der Waals surface area contributed by atoms with Gasteiger partial charge in [0.2, 0.25) is 0 Å². The Balaban J connectivity index is 2.37. The molecule has 19 heavy (non-hydrogen) atoms. The molecule has 0 fully saturated rings. The molecule has 2 nitrogen and oxygen atoms in total. The number of nitrogens with zero attached hydrogens (tertiary/aromatic N) is 1. The van der Waals surface area contributed by atoms with Crippen molar-refractivity contribution in [3.05, 3.63) is 47.7 Å². The molecule has 1 aromatic carbocycles. The van der Waals surface area contributed by atoms with Crippen molar-refractivity contribution in [3.63, 3.8) is 0 Å². The molecule has 0 unspecified atom stereocenters. The minimum absolute atomic E-state index is 0.244. The van der Waals surface area contributed by atoms with E-state index in [9.17, 15) is 13.2 Å². The van der Waals surface area contributed by atoms with Gasteiger partial charge in [0.1, 0.15) is 5.75 Å². The maximum atomic E-state index is 12.2. The van der Waals surface area contributed by atoms with Gasteiger partial charge >= 0.3 is 6.36 Å². The number of aromatic nitrogens is 1. The van der Waals surface area contributed by atoms with Crippen molar-refractivity contribution in [1.29, 1.82) is 0 Å². The zero-order valence-electron chi connectivity index (χ0n) is 10.5. The van der Waals surface area contributed by atoms with Gasteiger partial charge in [0, 0.05) is 11.3 Å². The van der Waals surface area contributed by atoms with Gasteiger partial charge in [-0.1, -0.05) is 12.1 Å². The summed E-state index contributed by atoms with van der Waals surface area (Å²) in [6.07, 6.45) is -4.69. The summed E-state index contributed by atoms with van der Waals surface area (Å²) in [4.78, 5) is 4.31. The first kappa shape index (κ1) is 13.4. The summed E-state index contributed by atoms with van der Waals surface area (Å²) in [6, 6.07) is 9.52. The van der Waals surface area contributed by atoms with E-state index in [1.165, 1.54) is 18.2 Å². The highest BCUT2D eigenvalue weighted by Crippen LogP contribution is 2.27. The lowest BCUT2D eigenvalue weighted by Crippen LogP contribution is -2.17. The molecule has 0 aliphatic heterocycles. The third kappa shape index (κ3) is 3.71. The van der Waals surface area contributed by atoms with Gasteiger partial charge < -0.3 is 4.74 Å². The molecule has 0 saturated heterocycles. The molecule has 2 aromatic rings. The van der Waals surface area contributed by atoms with Crippen LogP contribution in [0.3, 0.4) is 0 Å². The van der Waals surface area contributed by atoms with E-state index < -0.39 is 6.36 Å². The number of ether oxygens (including phenoxy) is 1. The highest BCUT2D eigenvalue weighted by molar-refractivity contribution is 5.62. The Morgan fingerprint density at radius 3 is 2.42 bits per heavy atom. The van der Waals surface area contributed by atoms with Gasteiger partial charge in [-0.2, -0.15) is 0 Å². The van der Waals surface area contributed by atoms with Crippen LogP contribution >= 0.6 is 0 Å². The van der Waals surface area contributed by atoms with E-state index in [1.807, 2.05) is 26.0 Å². The lowest BCUT2D eigenvalue weighted by Gasteiger charge is -2.10. The first-order valence-electron chi connectivity index (χ1n) is 5.65. The molecular weight excluding hydrogens is 255 g/mol. The van der Waals surface area contributed by atoms with Crippen LogP contribution in [0, 0.1) is 13.8 Å². The summed E-state index contributed by atoms with van der Waals surface area (Å²) in [5, 5.41) is 0. The predicted octanol–water partition coefficient (Wildman–Crippen LogP) is 4.26. The molecule has 0 bridgehead atoms. The molecule has 0 aliphatic carbocycles. The molecule has 1 aromatic heterocycles. The smallest absolute Gasteiger partial charge is 0.406 e. The standard InChI is InChI=1S/C14H12F3NO/c1-9-6-10(2)18-13(7-9)11-4-3-5-12(8-11)19-14(15,16)17/h3-8H,1-2H3. The van der Waals surface area contributed by atoms with Gasteiger partial charge in [-0.05, 0) is 43.7 Å². The van der Waals surface area contributed by atoms with E-state index in [2.05, 4.69) is 9.72 Å².